The molecule has 5 aromatic rings. The first-order valence-electron chi connectivity index (χ1n) is 9.00. The number of rotatable bonds is 2. The molecule has 0 saturated heterocycles. The Hall–Kier alpha value is -3.11. The van der Waals surface area contributed by atoms with Gasteiger partial charge in [-0.15, -0.1) is 7.53 Å². The van der Waals surface area contributed by atoms with E-state index in [0.717, 1.165) is 17.3 Å². The molecule has 3 nitrogen and oxygen atoms in total. The van der Waals surface area contributed by atoms with Crippen molar-refractivity contribution in [3.63, 3.8) is 0 Å². The lowest BCUT2D eigenvalue weighted by molar-refractivity contribution is -0.141. The number of nitrogens with one attached hydrogen (secondary N) is 1. The molecule has 0 saturated carbocycles. The predicted octanol–water partition coefficient (Wildman–Crippen LogP) is 6.99. The van der Waals surface area contributed by atoms with Crippen LogP contribution in [0.5, 0.6) is 0 Å². The van der Waals surface area contributed by atoms with Gasteiger partial charge in [0, 0.05) is 15.8 Å². The fourth-order valence-electron chi connectivity index (χ4n) is 3.77. The highest BCUT2D eigenvalue weighted by Crippen LogP contribution is 2.50. The summed E-state index contributed by atoms with van der Waals surface area (Å²) in [4.78, 5) is 4.64. The Morgan fingerprint density at radius 3 is 2.34 bits per heavy atom. The molecule has 29 heavy (non-hydrogen) atoms. The van der Waals surface area contributed by atoms with E-state index in [0.29, 0.717) is 5.69 Å². The number of aromatic nitrogens is 3. The van der Waals surface area contributed by atoms with Gasteiger partial charge in [-0.05, 0) is 35.6 Å². The van der Waals surface area contributed by atoms with Crippen molar-refractivity contribution in [1.82, 2.24) is 15.2 Å². The Morgan fingerprint density at radius 1 is 0.828 bits per heavy atom. The Kier molecular flexibility index (Phi) is 4.00. The van der Waals surface area contributed by atoms with Gasteiger partial charge in [0.05, 0.1) is 11.4 Å². The van der Waals surface area contributed by atoms with E-state index in [4.69, 9.17) is 0 Å². The number of aromatic amines is 1. The molecule has 0 amide bonds. The minimum Gasteiger partial charge on any atom is -0.273 e. The van der Waals surface area contributed by atoms with Crippen LogP contribution >= 0.6 is 7.53 Å². The van der Waals surface area contributed by atoms with Crippen LogP contribution in [0.4, 0.5) is 13.2 Å². The largest absolute Gasteiger partial charge is 0.432 e. The van der Waals surface area contributed by atoms with E-state index in [-0.39, 0.29) is 5.69 Å². The van der Waals surface area contributed by atoms with Crippen molar-refractivity contribution in [2.75, 3.05) is 0 Å². The Labute approximate surface area is 165 Å². The smallest absolute Gasteiger partial charge is 0.273 e. The van der Waals surface area contributed by atoms with Crippen molar-refractivity contribution < 1.29 is 13.2 Å². The maximum atomic E-state index is 12.9. The number of halogens is 3. The first kappa shape index (κ1) is 18.0. The summed E-state index contributed by atoms with van der Waals surface area (Å²) in [5.41, 5.74) is 1.45. The maximum absolute atomic E-state index is 12.9. The minimum atomic E-state index is -4.47. The summed E-state index contributed by atoms with van der Waals surface area (Å²) in [6.45, 7) is 2.23. The molecule has 3 aromatic heterocycles. The molecule has 0 fully saturated rings. The van der Waals surface area contributed by atoms with Crippen LogP contribution in [0.15, 0.2) is 66.7 Å². The number of nitrogens with zero attached hydrogens (tertiary/aromatic N) is 2. The van der Waals surface area contributed by atoms with Gasteiger partial charge in [0.2, 0.25) is 0 Å². The summed E-state index contributed by atoms with van der Waals surface area (Å²) in [6, 6.07) is 20.9. The van der Waals surface area contributed by atoms with Gasteiger partial charge in [-0.2, -0.15) is 18.3 Å². The molecule has 0 aliphatic carbocycles. The number of H-pyrrole nitrogens is 1. The summed E-state index contributed by atoms with van der Waals surface area (Å²) in [5.74, 6) is 0. The molecular formula is C22H15F3N3P. The minimum absolute atomic E-state index is 0.175. The van der Waals surface area contributed by atoms with E-state index >= 15 is 0 Å². The van der Waals surface area contributed by atoms with E-state index in [1.165, 1.54) is 21.0 Å². The number of alkyl halides is 3. The number of hydrogen-bond acceptors (Lipinski definition) is 2. The van der Waals surface area contributed by atoms with Crippen LogP contribution in [0.25, 0.3) is 43.7 Å². The fraction of sp³-hybridized carbons (Fsp3) is 0.0909. The van der Waals surface area contributed by atoms with Gasteiger partial charge in [0.25, 0.3) is 0 Å². The highest BCUT2D eigenvalue weighted by atomic mass is 31.1. The van der Waals surface area contributed by atoms with Crippen LogP contribution in [0.2, 0.25) is 0 Å². The second kappa shape index (κ2) is 6.46. The van der Waals surface area contributed by atoms with Crippen molar-refractivity contribution in [2.24, 2.45) is 6.66 Å². The molecular weight excluding hydrogens is 394 g/mol. The summed E-state index contributed by atoms with van der Waals surface area (Å²) in [7, 11) is -0.527. The van der Waals surface area contributed by atoms with Gasteiger partial charge in [-0.25, -0.2) is 4.98 Å². The van der Waals surface area contributed by atoms with Crippen LogP contribution < -0.4 is 0 Å². The summed E-state index contributed by atoms with van der Waals surface area (Å²) >= 11 is 0. The summed E-state index contributed by atoms with van der Waals surface area (Å²) in [5, 5.41) is 10.9. The van der Waals surface area contributed by atoms with E-state index < -0.39 is 19.4 Å². The van der Waals surface area contributed by atoms with Crippen molar-refractivity contribution in [3.05, 3.63) is 72.4 Å². The Morgan fingerprint density at radius 2 is 1.55 bits per heavy atom. The third-order valence-corrected chi connectivity index (χ3v) is 7.36. The maximum Gasteiger partial charge on any atom is 0.432 e. The molecule has 1 atom stereocenters. The van der Waals surface area contributed by atoms with Gasteiger partial charge in [0.15, 0.2) is 0 Å². The highest BCUT2D eigenvalue weighted by molar-refractivity contribution is 7.60. The zero-order valence-corrected chi connectivity index (χ0v) is 16.2. The highest BCUT2D eigenvalue weighted by Gasteiger charge is 2.33. The standard InChI is InChI=1S/C22H15F3N3P/c1-29-19-11-3-2-6-13(19)14-7-4-8-15(21(14)29)16-9-5-10-17(26-16)18-12-20(28-27-18)22(23,24)25/h2-12H,1H3,(H,27,28). The van der Waals surface area contributed by atoms with Crippen LogP contribution in [0.3, 0.4) is 0 Å². The molecule has 1 unspecified atom stereocenters. The topological polar surface area (TPSA) is 41.6 Å². The molecule has 0 spiro atoms. The molecule has 0 aliphatic rings. The average Bonchev–Trinajstić information content (AvgIpc) is 3.33. The summed E-state index contributed by atoms with van der Waals surface area (Å²) in [6.07, 6.45) is -4.47. The Balaban J connectivity index is 1.69. The number of pyridine rings is 1. The molecule has 2 aromatic carbocycles. The second-order valence-corrected chi connectivity index (χ2v) is 8.90. The van der Waals surface area contributed by atoms with Gasteiger partial charge in [-0.3, -0.25) is 5.10 Å². The van der Waals surface area contributed by atoms with E-state index in [1.54, 1.807) is 12.1 Å². The van der Waals surface area contributed by atoms with Crippen LogP contribution in [0.1, 0.15) is 5.69 Å². The van der Waals surface area contributed by atoms with Crippen LogP contribution in [-0.4, -0.2) is 15.2 Å². The molecule has 3 heterocycles. The molecule has 0 aliphatic heterocycles. The van der Waals surface area contributed by atoms with Crippen molar-refractivity contribution in [2.45, 2.75) is 6.18 Å². The first-order chi connectivity index (χ1) is 13.9. The lowest BCUT2D eigenvalue weighted by Crippen LogP contribution is -2.04. The number of hydrogen-bond donors (Lipinski definition) is 1. The fourth-order valence-corrected chi connectivity index (χ4v) is 5.98. The number of benzene rings is 2. The van der Waals surface area contributed by atoms with Crippen LogP contribution in [-0.2, 0) is 12.8 Å². The third kappa shape index (κ3) is 2.91. The zero-order chi connectivity index (χ0) is 20.2. The molecule has 144 valence electrons. The van der Waals surface area contributed by atoms with Gasteiger partial charge in [0.1, 0.15) is 11.4 Å². The average molecular weight is 409 g/mol. The van der Waals surface area contributed by atoms with Crippen molar-refractivity contribution >= 4 is 28.5 Å². The normalized spacial score (nSPS) is 12.8. The van der Waals surface area contributed by atoms with Crippen molar-refractivity contribution in [3.8, 4) is 22.6 Å². The van der Waals surface area contributed by atoms with E-state index in [1.807, 2.05) is 24.3 Å². The van der Waals surface area contributed by atoms with Gasteiger partial charge >= 0.3 is 6.18 Å². The van der Waals surface area contributed by atoms with Gasteiger partial charge in [-0.1, -0.05) is 48.5 Å². The molecule has 5 rings (SSSR count). The second-order valence-electron chi connectivity index (χ2n) is 6.85. The number of fused-ring (bicyclic) bond motifs is 3. The molecule has 0 bridgehead atoms. The predicted molar refractivity (Wildman–Crippen MR) is 111 cm³/mol. The lowest BCUT2D eigenvalue weighted by atomic mass is 10.1. The van der Waals surface area contributed by atoms with Gasteiger partial charge < -0.3 is 0 Å². The summed E-state index contributed by atoms with van der Waals surface area (Å²) < 4.78 is 38.7. The lowest BCUT2D eigenvalue weighted by Gasteiger charge is -2.07. The Bertz CT molecular complexity index is 1370. The molecule has 0 radical (unpaired) electrons. The molecule has 7 heteroatoms. The monoisotopic (exact) mass is 409 g/mol. The quantitative estimate of drug-likeness (QED) is 0.341. The third-order valence-electron chi connectivity index (χ3n) is 5.10. The number of aryl methyl sites for hydroxylation is 1. The first-order valence-corrected chi connectivity index (χ1v) is 10.8. The van der Waals surface area contributed by atoms with Crippen molar-refractivity contribution in [1.29, 1.82) is 0 Å². The van der Waals surface area contributed by atoms with E-state index in [9.17, 15) is 13.2 Å². The van der Waals surface area contributed by atoms with E-state index in [2.05, 4.69) is 46.1 Å². The molecule has 1 N–H and O–H groups in total. The SMILES string of the molecule is Cp1c2ccccc2c2cccc(-c3cccc(-c4cc(C(F)(F)F)[nH]n4)n3)c21. The van der Waals surface area contributed by atoms with Crippen LogP contribution in [0, 0.1) is 0 Å². The zero-order valence-electron chi connectivity index (χ0n) is 15.3.